The summed E-state index contributed by atoms with van der Waals surface area (Å²) in [5, 5.41) is 11.1. The Kier molecular flexibility index (Phi) is 4.60. The first kappa shape index (κ1) is 13.9. The number of nitrogens with zero attached hydrogens (tertiary/aromatic N) is 4. The van der Waals surface area contributed by atoms with Gasteiger partial charge in [-0.3, -0.25) is 9.78 Å². The number of pyridine rings is 1. The van der Waals surface area contributed by atoms with Crippen molar-refractivity contribution in [3.05, 3.63) is 42.4 Å². The number of hydrogen-bond acceptors (Lipinski definition) is 5. The summed E-state index contributed by atoms with van der Waals surface area (Å²) in [5.74, 6) is 0.458. The summed E-state index contributed by atoms with van der Waals surface area (Å²) >= 11 is 0. The predicted octanol–water partition coefficient (Wildman–Crippen LogP) is 1.97. The van der Waals surface area contributed by atoms with E-state index in [1.165, 1.54) is 4.90 Å². The number of rotatable bonds is 5. The van der Waals surface area contributed by atoms with Gasteiger partial charge in [-0.05, 0) is 30.7 Å². The van der Waals surface area contributed by atoms with Gasteiger partial charge < -0.3 is 10.2 Å². The first-order valence-corrected chi connectivity index (χ1v) is 6.48. The molecule has 2 heterocycles. The van der Waals surface area contributed by atoms with Gasteiger partial charge in [0.1, 0.15) is 5.82 Å². The van der Waals surface area contributed by atoms with Gasteiger partial charge in [-0.2, -0.15) is 0 Å². The molecule has 0 aliphatic rings. The monoisotopic (exact) mass is 271 g/mol. The quantitative estimate of drug-likeness (QED) is 0.900. The molecular weight excluding hydrogens is 254 g/mol. The second-order valence-electron chi connectivity index (χ2n) is 4.31. The van der Waals surface area contributed by atoms with E-state index in [1.807, 2.05) is 6.07 Å². The molecule has 0 unspecified atom stereocenters. The van der Waals surface area contributed by atoms with E-state index in [4.69, 9.17) is 0 Å². The Labute approximate surface area is 117 Å². The van der Waals surface area contributed by atoms with Crippen molar-refractivity contribution < 1.29 is 4.79 Å². The fourth-order valence-corrected chi connectivity index (χ4v) is 1.63. The molecule has 0 fully saturated rings. The van der Waals surface area contributed by atoms with Crippen molar-refractivity contribution in [3.63, 3.8) is 0 Å². The van der Waals surface area contributed by atoms with Crippen LogP contribution in [0.2, 0.25) is 0 Å². The fourth-order valence-electron chi connectivity index (χ4n) is 1.63. The predicted molar refractivity (Wildman–Crippen MR) is 77.8 cm³/mol. The Morgan fingerprint density at radius 1 is 1.30 bits per heavy atom. The summed E-state index contributed by atoms with van der Waals surface area (Å²) in [5.41, 5.74) is 1.02. The van der Waals surface area contributed by atoms with Crippen molar-refractivity contribution in [1.29, 1.82) is 0 Å². The number of hydrogen-bond donors (Lipinski definition) is 1. The molecule has 0 atom stereocenters. The molecule has 1 amide bonds. The minimum absolute atomic E-state index is 0.215. The summed E-state index contributed by atoms with van der Waals surface area (Å²) < 4.78 is 0. The number of nitrogens with one attached hydrogen (secondary N) is 1. The average Bonchev–Trinajstić information content (AvgIpc) is 2.53. The number of carbonyl (C=O) groups excluding carboxylic acids is 1. The second-order valence-corrected chi connectivity index (χ2v) is 4.31. The zero-order valence-electron chi connectivity index (χ0n) is 11.6. The van der Waals surface area contributed by atoms with Crippen LogP contribution in [0.5, 0.6) is 0 Å². The number of anilines is 2. The van der Waals surface area contributed by atoms with Gasteiger partial charge in [0.25, 0.3) is 5.91 Å². The smallest absolute Gasteiger partial charge is 0.278 e. The first-order valence-electron chi connectivity index (χ1n) is 6.48. The standard InChI is InChI=1S/C14H17N5O/c1-3-8-16-13-7-6-12(17-18-13)14(20)19(2)11-5-4-9-15-10-11/h4-7,9-10H,3,8H2,1-2H3,(H,16,18). The Morgan fingerprint density at radius 3 is 2.75 bits per heavy atom. The molecular formula is C14H17N5O. The SMILES string of the molecule is CCCNc1ccc(C(=O)N(C)c2cccnc2)nn1. The molecule has 0 saturated heterocycles. The van der Waals surface area contributed by atoms with Crippen LogP contribution in [0.1, 0.15) is 23.8 Å². The van der Waals surface area contributed by atoms with Crippen molar-refractivity contribution >= 4 is 17.4 Å². The van der Waals surface area contributed by atoms with Gasteiger partial charge in [-0.1, -0.05) is 6.92 Å². The van der Waals surface area contributed by atoms with Crippen LogP contribution >= 0.6 is 0 Å². The van der Waals surface area contributed by atoms with Gasteiger partial charge in [0.2, 0.25) is 0 Å². The lowest BCUT2D eigenvalue weighted by molar-refractivity contribution is 0.0987. The van der Waals surface area contributed by atoms with Crippen molar-refractivity contribution in [2.75, 3.05) is 23.8 Å². The minimum Gasteiger partial charge on any atom is -0.369 e. The van der Waals surface area contributed by atoms with Crippen molar-refractivity contribution in [2.45, 2.75) is 13.3 Å². The van der Waals surface area contributed by atoms with E-state index in [0.29, 0.717) is 17.2 Å². The summed E-state index contributed by atoms with van der Waals surface area (Å²) in [6.45, 7) is 2.90. The van der Waals surface area contributed by atoms with Gasteiger partial charge in [0.15, 0.2) is 5.69 Å². The van der Waals surface area contributed by atoms with Crippen LogP contribution in [-0.4, -0.2) is 34.7 Å². The van der Waals surface area contributed by atoms with Gasteiger partial charge >= 0.3 is 0 Å². The molecule has 0 aliphatic carbocycles. The molecule has 0 radical (unpaired) electrons. The maximum Gasteiger partial charge on any atom is 0.278 e. The van der Waals surface area contributed by atoms with Crippen LogP contribution < -0.4 is 10.2 Å². The van der Waals surface area contributed by atoms with E-state index in [1.54, 1.807) is 37.6 Å². The lowest BCUT2D eigenvalue weighted by Gasteiger charge is -2.15. The maximum absolute atomic E-state index is 12.2. The summed E-state index contributed by atoms with van der Waals surface area (Å²) in [4.78, 5) is 17.7. The van der Waals surface area contributed by atoms with Crippen LogP contribution in [0.3, 0.4) is 0 Å². The van der Waals surface area contributed by atoms with Crippen molar-refractivity contribution in [2.24, 2.45) is 0 Å². The number of amides is 1. The summed E-state index contributed by atoms with van der Waals surface area (Å²) in [6.07, 6.45) is 4.30. The number of carbonyl (C=O) groups is 1. The van der Waals surface area contributed by atoms with E-state index < -0.39 is 0 Å². The highest BCUT2D eigenvalue weighted by Gasteiger charge is 2.15. The molecule has 2 aromatic heterocycles. The zero-order valence-corrected chi connectivity index (χ0v) is 11.6. The van der Waals surface area contributed by atoms with Gasteiger partial charge in [0.05, 0.1) is 11.9 Å². The molecule has 0 saturated carbocycles. The zero-order chi connectivity index (χ0) is 14.4. The molecule has 0 aliphatic heterocycles. The van der Waals surface area contributed by atoms with Gasteiger partial charge in [0, 0.05) is 19.8 Å². The van der Waals surface area contributed by atoms with E-state index in [2.05, 4.69) is 27.4 Å². The molecule has 104 valence electrons. The lowest BCUT2D eigenvalue weighted by atomic mass is 10.3. The van der Waals surface area contributed by atoms with Gasteiger partial charge in [-0.15, -0.1) is 10.2 Å². The Hall–Kier alpha value is -2.50. The molecule has 20 heavy (non-hydrogen) atoms. The highest BCUT2D eigenvalue weighted by molar-refractivity contribution is 6.04. The number of aromatic nitrogens is 3. The lowest BCUT2D eigenvalue weighted by Crippen LogP contribution is -2.27. The molecule has 6 heteroatoms. The molecule has 2 aromatic rings. The molecule has 0 bridgehead atoms. The van der Waals surface area contributed by atoms with Crippen LogP contribution in [0, 0.1) is 0 Å². The van der Waals surface area contributed by atoms with E-state index in [0.717, 1.165) is 13.0 Å². The van der Waals surface area contributed by atoms with E-state index in [-0.39, 0.29) is 5.91 Å². The average molecular weight is 271 g/mol. The van der Waals surface area contributed by atoms with E-state index in [9.17, 15) is 4.79 Å². The van der Waals surface area contributed by atoms with E-state index >= 15 is 0 Å². The van der Waals surface area contributed by atoms with Crippen molar-refractivity contribution in [1.82, 2.24) is 15.2 Å². The molecule has 0 spiro atoms. The Morgan fingerprint density at radius 2 is 2.15 bits per heavy atom. The third-order valence-electron chi connectivity index (χ3n) is 2.78. The molecule has 0 aromatic carbocycles. The molecule has 2 rings (SSSR count). The molecule has 1 N–H and O–H groups in total. The fraction of sp³-hybridized carbons (Fsp3) is 0.286. The topological polar surface area (TPSA) is 71.0 Å². The minimum atomic E-state index is -0.215. The largest absolute Gasteiger partial charge is 0.369 e. The van der Waals surface area contributed by atoms with Crippen LogP contribution in [0.15, 0.2) is 36.7 Å². The van der Waals surface area contributed by atoms with Gasteiger partial charge in [-0.25, -0.2) is 0 Å². The third-order valence-corrected chi connectivity index (χ3v) is 2.78. The van der Waals surface area contributed by atoms with Crippen LogP contribution in [-0.2, 0) is 0 Å². The third kappa shape index (κ3) is 3.28. The van der Waals surface area contributed by atoms with Crippen LogP contribution in [0.25, 0.3) is 0 Å². The second kappa shape index (κ2) is 6.60. The summed E-state index contributed by atoms with van der Waals surface area (Å²) in [7, 11) is 1.68. The Balaban J connectivity index is 2.09. The normalized spacial score (nSPS) is 10.1. The van der Waals surface area contributed by atoms with Crippen LogP contribution in [0.4, 0.5) is 11.5 Å². The highest BCUT2D eigenvalue weighted by atomic mass is 16.2. The Bertz CT molecular complexity index is 556. The highest BCUT2D eigenvalue weighted by Crippen LogP contribution is 2.12. The van der Waals surface area contributed by atoms with Crippen molar-refractivity contribution in [3.8, 4) is 0 Å². The first-order chi connectivity index (χ1) is 9.72. The molecule has 6 nitrogen and oxygen atoms in total. The summed E-state index contributed by atoms with van der Waals surface area (Å²) in [6, 6.07) is 7.02. The maximum atomic E-state index is 12.2.